The molecular weight excluding hydrogens is 218 g/mol. The third kappa shape index (κ3) is 4.85. The highest BCUT2D eigenvalue weighted by Gasteiger charge is 2.10. The van der Waals surface area contributed by atoms with E-state index in [1.807, 2.05) is 0 Å². The number of hydrogen-bond donors (Lipinski definition) is 1. The van der Waals surface area contributed by atoms with Crippen molar-refractivity contribution in [3.8, 4) is 5.75 Å². The summed E-state index contributed by atoms with van der Waals surface area (Å²) in [7, 11) is 0. The molecule has 4 heteroatoms. The van der Waals surface area contributed by atoms with Crippen LogP contribution in [0.2, 0.25) is 0 Å². The molecule has 0 bridgehead atoms. The Labute approximate surface area is 102 Å². The van der Waals surface area contributed by atoms with Crippen molar-refractivity contribution in [3.05, 3.63) is 24.0 Å². The van der Waals surface area contributed by atoms with Crippen molar-refractivity contribution < 1.29 is 14.6 Å². The van der Waals surface area contributed by atoms with Crippen LogP contribution in [0.1, 0.15) is 49.4 Å². The Morgan fingerprint density at radius 3 is 2.82 bits per heavy atom. The number of carboxylic acids is 1. The van der Waals surface area contributed by atoms with Gasteiger partial charge in [-0.15, -0.1) is 0 Å². The fraction of sp³-hybridized carbons (Fsp3) is 0.538. The van der Waals surface area contributed by atoms with E-state index in [1.54, 1.807) is 0 Å². The standard InChI is InChI=1S/C13H19NO3/c1-2-3-4-5-6-9-17-12-10-14-8-7-11(12)13(15)16/h7-8,10H,2-6,9H2,1H3,(H,15,16). The lowest BCUT2D eigenvalue weighted by atomic mass is 10.2. The summed E-state index contributed by atoms with van der Waals surface area (Å²) in [4.78, 5) is 14.8. The second kappa shape index (κ2) is 7.65. The van der Waals surface area contributed by atoms with E-state index in [9.17, 15) is 4.79 Å². The molecule has 0 amide bonds. The lowest BCUT2D eigenvalue weighted by Gasteiger charge is -2.07. The fourth-order valence-electron chi connectivity index (χ4n) is 1.56. The Morgan fingerprint density at radius 2 is 2.12 bits per heavy atom. The van der Waals surface area contributed by atoms with Crippen LogP contribution in [0.4, 0.5) is 0 Å². The second-order valence-corrected chi connectivity index (χ2v) is 3.94. The number of carbonyl (C=O) groups is 1. The maximum absolute atomic E-state index is 10.9. The zero-order valence-electron chi connectivity index (χ0n) is 10.2. The van der Waals surface area contributed by atoms with Gasteiger partial charge in [-0.3, -0.25) is 4.98 Å². The van der Waals surface area contributed by atoms with Gasteiger partial charge in [-0.2, -0.15) is 0 Å². The van der Waals surface area contributed by atoms with Crippen LogP contribution in [0, 0.1) is 0 Å². The van der Waals surface area contributed by atoms with Crippen LogP contribution in [-0.2, 0) is 0 Å². The van der Waals surface area contributed by atoms with E-state index in [4.69, 9.17) is 9.84 Å². The molecule has 0 aliphatic rings. The summed E-state index contributed by atoms with van der Waals surface area (Å²) in [5.41, 5.74) is 0.175. The van der Waals surface area contributed by atoms with Gasteiger partial charge in [0.1, 0.15) is 5.56 Å². The van der Waals surface area contributed by atoms with Gasteiger partial charge in [0.2, 0.25) is 0 Å². The summed E-state index contributed by atoms with van der Waals surface area (Å²) in [6, 6.07) is 1.45. The van der Waals surface area contributed by atoms with E-state index >= 15 is 0 Å². The highest BCUT2D eigenvalue weighted by atomic mass is 16.5. The number of hydrogen-bond acceptors (Lipinski definition) is 3. The van der Waals surface area contributed by atoms with Crippen LogP contribution in [-0.4, -0.2) is 22.7 Å². The number of pyridine rings is 1. The van der Waals surface area contributed by atoms with Crippen molar-refractivity contribution in [2.75, 3.05) is 6.61 Å². The highest BCUT2D eigenvalue weighted by molar-refractivity contribution is 5.90. The van der Waals surface area contributed by atoms with E-state index < -0.39 is 5.97 Å². The second-order valence-electron chi connectivity index (χ2n) is 3.94. The number of rotatable bonds is 8. The maximum atomic E-state index is 10.9. The third-order valence-electron chi connectivity index (χ3n) is 2.52. The molecular formula is C13H19NO3. The minimum atomic E-state index is -0.978. The molecule has 1 aromatic heterocycles. The Balaban J connectivity index is 2.34. The average molecular weight is 237 g/mol. The zero-order valence-corrected chi connectivity index (χ0v) is 10.2. The van der Waals surface area contributed by atoms with Gasteiger partial charge in [-0.05, 0) is 12.5 Å². The topological polar surface area (TPSA) is 59.4 Å². The first-order valence-electron chi connectivity index (χ1n) is 6.05. The Bertz CT molecular complexity index is 352. The van der Waals surface area contributed by atoms with Gasteiger partial charge in [0, 0.05) is 6.20 Å². The normalized spacial score (nSPS) is 10.2. The van der Waals surface area contributed by atoms with Crippen LogP contribution in [0.3, 0.4) is 0 Å². The molecule has 17 heavy (non-hydrogen) atoms. The molecule has 0 spiro atoms. The summed E-state index contributed by atoms with van der Waals surface area (Å²) in [5.74, 6) is -0.621. The summed E-state index contributed by atoms with van der Waals surface area (Å²) in [5, 5.41) is 8.93. The summed E-state index contributed by atoms with van der Waals surface area (Å²) in [6.07, 6.45) is 8.65. The molecule has 4 nitrogen and oxygen atoms in total. The van der Waals surface area contributed by atoms with E-state index in [-0.39, 0.29) is 5.56 Å². The van der Waals surface area contributed by atoms with E-state index in [2.05, 4.69) is 11.9 Å². The van der Waals surface area contributed by atoms with Gasteiger partial charge >= 0.3 is 5.97 Å². The van der Waals surface area contributed by atoms with Crippen molar-refractivity contribution in [3.63, 3.8) is 0 Å². The van der Waals surface area contributed by atoms with Gasteiger partial charge in [0.15, 0.2) is 5.75 Å². The van der Waals surface area contributed by atoms with Crippen molar-refractivity contribution in [1.82, 2.24) is 4.98 Å². The van der Waals surface area contributed by atoms with Crippen LogP contribution >= 0.6 is 0 Å². The molecule has 0 aliphatic heterocycles. The summed E-state index contributed by atoms with van der Waals surface area (Å²) in [6.45, 7) is 2.72. The molecule has 0 saturated heterocycles. The molecule has 0 fully saturated rings. The Morgan fingerprint density at radius 1 is 1.35 bits per heavy atom. The summed E-state index contributed by atoms with van der Waals surface area (Å²) >= 11 is 0. The monoisotopic (exact) mass is 237 g/mol. The zero-order chi connectivity index (χ0) is 12.5. The molecule has 0 atom stereocenters. The Kier molecular flexibility index (Phi) is 6.07. The third-order valence-corrected chi connectivity index (χ3v) is 2.52. The smallest absolute Gasteiger partial charge is 0.339 e. The largest absolute Gasteiger partial charge is 0.491 e. The van der Waals surface area contributed by atoms with E-state index in [0.29, 0.717) is 12.4 Å². The Hall–Kier alpha value is -1.58. The molecule has 0 aromatic carbocycles. The van der Waals surface area contributed by atoms with Crippen molar-refractivity contribution >= 4 is 5.97 Å². The predicted molar refractivity (Wildman–Crippen MR) is 65.5 cm³/mol. The molecule has 0 saturated carbocycles. The minimum Gasteiger partial charge on any atom is -0.491 e. The van der Waals surface area contributed by atoms with E-state index in [1.165, 1.54) is 37.7 Å². The molecule has 0 aliphatic carbocycles. The SMILES string of the molecule is CCCCCCCOc1cnccc1C(=O)O. The number of aromatic nitrogens is 1. The molecule has 0 radical (unpaired) electrons. The molecule has 94 valence electrons. The lowest BCUT2D eigenvalue weighted by molar-refractivity contribution is 0.0692. The first-order valence-corrected chi connectivity index (χ1v) is 6.05. The maximum Gasteiger partial charge on any atom is 0.339 e. The molecule has 1 rings (SSSR count). The lowest BCUT2D eigenvalue weighted by Crippen LogP contribution is -2.04. The highest BCUT2D eigenvalue weighted by Crippen LogP contribution is 2.16. The number of aromatic carboxylic acids is 1. The fourth-order valence-corrected chi connectivity index (χ4v) is 1.56. The molecule has 1 heterocycles. The number of carboxylic acid groups (broad SMARTS) is 1. The predicted octanol–water partition coefficient (Wildman–Crippen LogP) is 3.13. The van der Waals surface area contributed by atoms with Crippen LogP contribution in [0.5, 0.6) is 5.75 Å². The van der Waals surface area contributed by atoms with Gasteiger partial charge in [-0.1, -0.05) is 32.6 Å². The van der Waals surface area contributed by atoms with Crippen molar-refractivity contribution in [2.45, 2.75) is 39.0 Å². The first kappa shape index (κ1) is 13.5. The molecule has 0 unspecified atom stereocenters. The van der Waals surface area contributed by atoms with Gasteiger partial charge in [0.25, 0.3) is 0 Å². The van der Waals surface area contributed by atoms with Crippen LogP contribution in [0.15, 0.2) is 18.5 Å². The quantitative estimate of drug-likeness (QED) is 0.706. The van der Waals surface area contributed by atoms with Crippen LogP contribution < -0.4 is 4.74 Å². The van der Waals surface area contributed by atoms with Crippen molar-refractivity contribution in [2.24, 2.45) is 0 Å². The summed E-state index contributed by atoms with van der Waals surface area (Å²) < 4.78 is 5.44. The number of ether oxygens (including phenoxy) is 1. The van der Waals surface area contributed by atoms with Gasteiger partial charge < -0.3 is 9.84 Å². The van der Waals surface area contributed by atoms with Crippen LogP contribution in [0.25, 0.3) is 0 Å². The molecule has 1 N–H and O–H groups in total. The number of unbranched alkanes of at least 4 members (excludes halogenated alkanes) is 4. The average Bonchev–Trinajstić information content (AvgIpc) is 2.34. The molecule has 1 aromatic rings. The number of nitrogens with zero attached hydrogens (tertiary/aromatic N) is 1. The first-order chi connectivity index (χ1) is 8.25. The van der Waals surface area contributed by atoms with Gasteiger partial charge in [-0.25, -0.2) is 4.79 Å². The minimum absolute atomic E-state index is 0.175. The van der Waals surface area contributed by atoms with Crippen molar-refractivity contribution in [1.29, 1.82) is 0 Å². The van der Waals surface area contributed by atoms with Gasteiger partial charge in [0.05, 0.1) is 12.8 Å². The van der Waals surface area contributed by atoms with E-state index in [0.717, 1.165) is 12.8 Å².